The third-order valence-corrected chi connectivity index (χ3v) is 3.28. The number of benzene rings is 1. The summed E-state index contributed by atoms with van der Waals surface area (Å²) >= 11 is 10.9. The molecule has 0 spiro atoms. The van der Waals surface area contributed by atoms with Crippen molar-refractivity contribution in [3.05, 3.63) is 33.6 Å². The Balaban J connectivity index is 3.08. The molecule has 0 unspecified atom stereocenters. The summed E-state index contributed by atoms with van der Waals surface area (Å²) < 4.78 is 0. The maximum absolute atomic E-state index is 11.9. The molecule has 0 bridgehead atoms. The van der Waals surface area contributed by atoms with Crippen molar-refractivity contribution >= 4 is 52.6 Å². The maximum Gasteiger partial charge on any atom is 0.344 e. The summed E-state index contributed by atoms with van der Waals surface area (Å²) in [5.41, 5.74) is -0.392. The van der Waals surface area contributed by atoms with E-state index in [1.165, 1.54) is 6.07 Å². The predicted octanol–water partition coefficient (Wildman–Crippen LogP) is 2.89. The van der Waals surface area contributed by atoms with Gasteiger partial charge in [-0.15, -0.1) is 33.0 Å². The molecule has 0 aliphatic rings. The molecule has 1 aromatic rings. The Morgan fingerprint density at radius 2 is 1.30 bits per heavy atom. The van der Waals surface area contributed by atoms with Gasteiger partial charge in [0.15, 0.2) is 0 Å². The molecule has 3 N–H and O–H groups in total. The van der Waals surface area contributed by atoms with Gasteiger partial charge < -0.3 is 15.7 Å². The van der Waals surface area contributed by atoms with Gasteiger partial charge >= 0.3 is 18.0 Å². The third kappa shape index (κ3) is 6.67. The number of amides is 4. The number of aromatic carboxylic acids is 1. The van der Waals surface area contributed by atoms with E-state index >= 15 is 0 Å². The van der Waals surface area contributed by atoms with E-state index < -0.39 is 18.0 Å². The number of carbonyl (C=O) groups excluding carboxylic acids is 2. The van der Waals surface area contributed by atoms with Gasteiger partial charge in [-0.3, -0.25) is 0 Å². The molecule has 1 rings (SSSR count). The zero-order valence-corrected chi connectivity index (χ0v) is 15.1. The van der Waals surface area contributed by atoms with Crippen LogP contribution in [0.3, 0.4) is 0 Å². The summed E-state index contributed by atoms with van der Waals surface area (Å²) in [4.78, 5) is 56.4. The summed E-state index contributed by atoms with van der Waals surface area (Å²) in [6.07, 6.45) is 0. The predicted molar refractivity (Wildman–Crippen MR) is 97.9 cm³/mol. The second-order valence-corrected chi connectivity index (χ2v) is 5.51. The average Bonchev–Trinajstić information content (AvgIpc) is 2.63. The van der Waals surface area contributed by atoms with E-state index in [1.54, 1.807) is 0 Å². The van der Waals surface area contributed by atoms with Gasteiger partial charge in [0, 0.05) is 23.1 Å². The van der Waals surface area contributed by atoms with Gasteiger partial charge in [0.1, 0.15) is 0 Å². The van der Waals surface area contributed by atoms with Crippen LogP contribution < -0.4 is 10.6 Å². The Morgan fingerprint density at radius 3 is 1.59 bits per heavy atom. The Labute approximate surface area is 162 Å². The highest BCUT2D eigenvalue weighted by atomic mass is 35.5. The minimum absolute atomic E-state index is 0.0509. The van der Waals surface area contributed by atoms with Crippen LogP contribution in [0.5, 0.6) is 0 Å². The molecule has 1 aromatic carbocycles. The number of urea groups is 2. The number of alkyl halides is 2. The van der Waals surface area contributed by atoms with E-state index in [4.69, 9.17) is 28.3 Å². The van der Waals surface area contributed by atoms with Gasteiger partial charge in [-0.2, -0.15) is 10.0 Å². The van der Waals surface area contributed by atoms with E-state index in [-0.39, 0.29) is 41.8 Å². The zero-order valence-electron chi connectivity index (χ0n) is 13.6. The van der Waals surface area contributed by atoms with Crippen molar-refractivity contribution in [1.82, 2.24) is 10.0 Å². The van der Waals surface area contributed by atoms with Gasteiger partial charge in [0.25, 0.3) is 0 Å². The first-order chi connectivity index (χ1) is 12.9. The van der Waals surface area contributed by atoms with Crippen LogP contribution in [0.2, 0.25) is 0 Å². The Hall–Kier alpha value is -2.99. The lowest BCUT2D eigenvalue weighted by Crippen LogP contribution is -2.32. The summed E-state index contributed by atoms with van der Waals surface area (Å²) in [6, 6.07) is 1.48. The van der Waals surface area contributed by atoms with E-state index in [9.17, 15) is 24.2 Å². The van der Waals surface area contributed by atoms with Gasteiger partial charge in [0.2, 0.25) is 0 Å². The van der Waals surface area contributed by atoms with Gasteiger partial charge in [0.05, 0.1) is 29.2 Å². The first-order valence-electron chi connectivity index (χ1n) is 7.20. The minimum atomic E-state index is -1.35. The lowest BCUT2D eigenvalue weighted by molar-refractivity contribution is 0.0697. The highest BCUT2D eigenvalue weighted by molar-refractivity contribution is 6.18. The smallest absolute Gasteiger partial charge is 0.344 e. The summed E-state index contributed by atoms with van der Waals surface area (Å²) in [7, 11) is 0. The van der Waals surface area contributed by atoms with E-state index in [0.717, 1.165) is 12.1 Å². The summed E-state index contributed by atoms with van der Waals surface area (Å²) in [5.74, 6) is -1.45. The number of anilines is 2. The third-order valence-electron chi connectivity index (χ3n) is 2.94. The van der Waals surface area contributed by atoms with E-state index in [1.807, 2.05) is 0 Å². The number of halogens is 2. The number of carboxylic acids is 1. The van der Waals surface area contributed by atoms with E-state index in [0.29, 0.717) is 10.0 Å². The summed E-state index contributed by atoms with van der Waals surface area (Å²) in [6.45, 7) is -0.338. The second kappa shape index (κ2) is 10.9. The Kier molecular flexibility index (Phi) is 8.89. The molecular formula is C13H14Cl2N6O6. The standard InChI is InChI=1S/C13H14Cl2N6O6/c14-1-3-20(18-26)12(24)16-9-5-8(11(22)23)6-10(7-9)17-13(25)21(19-27)4-2-15/h5-7H,1-4H2,(H,16,24)(H,17,25)(H,22,23). The van der Waals surface area contributed by atoms with Gasteiger partial charge in [-0.25, -0.2) is 14.4 Å². The number of nitrogens with one attached hydrogen (secondary N) is 2. The molecule has 14 heteroatoms. The fourth-order valence-corrected chi connectivity index (χ4v) is 2.11. The Morgan fingerprint density at radius 1 is 0.889 bits per heavy atom. The second-order valence-electron chi connectivity index (χ2n) is 4.75. The van der Waals surface area contributed by atoms with Crippen molar-refractivity contribution in [1.29, 1.82) is 0 Å². The highest BCUT2D eigenvalue weighted by Crippen LogP contribution is 2.20. The van der Waals surface area contributed by atoms with Gasteiger partial charge in [-0.05, 0) is 18.2 Å². The molecule has 0 aliphatic heterocycles. The first-order valence-corrected chi connectivity index (χ1v) is 8.27. The maximum atomic E-state index is 11.9. The number of nitrogens with zero attached hydrogens (tertiary/aromatic N) is 4. The molecule has 146 valence electrons. The fraction of sp³-hybridized carbons (Fsp3) is 0.308. The number of rotatable bonds is 9. The van der Waals surface area contributed by atoms with Crippen molar-refractivity contribution in [3.8, 4) is 0 Å². The number of carboxylic acid groups (broad SMARTS) is 1. The lowest BCUT2D eigenvalue weighted by Gasteiger charge is -2.16. The largest absolute Gasteiger partial charge is 0.478 e. The van der Waals surface area contributed by atoms with Crippen molar-refractivity contribution in [2.75, 3.05) is 35.5 Å². The topological polar surface area (TPSA) is 161 Å². The normalized spacial score (nSPS) is 9.85. The Bertz CT molecular complexity index is 683. The molecule has 0 saturated heterocycles. The van der Waals surface area contributed by atoms with Crippen molar-refractivity contribution in [2.24, 2.45) is 10.6 Å². The molecule has 0 heterocycles. The molecule has 0 fully saturated rings. The molecule has 27 heavy (non-hydrogen) atoms. The van der Waals surface area contributed by atoms with Crippen LogP contribution in [0, 0.1) is 9.81 Å². The van der Waals surface area contributed by atoms with Crippen LogP contribution in [0.25, 0.3) is 0 Å². The van der Waals surface area contributed by atoms with Crippen molar-refractivity contribution < 1.29 is 19.5 Å². The van der Waals surface area contributed by atoms with Crippen LogP contribution in [0.1, 0.15) is 10.4 Å². The first kappa shape index (κ1) is 22.1. The molecule has 0 radical (unpaired) electrons. The highest BCUT2D eigenvalue weighted by Gasteiger charge is 2.18. The minimum Gasteiger partial charge on any atom is -0.478 e. The molecule has 4 amide bonds. The van der Waals surface area contributed by atoms with Gasteiger partial charge in [-0.1, -0.05) is 0 Å². The van der Waals surface area contributed by atoms with Crippen LogP contribution in [-0.4, -0.2) is 58.0 Å². The average molecular weight is 421 g/mol. The van der Waals surface area contributed by atoms with Crippen LogP contribution >= 0.6 is 23.2 Å². The quantitative estimate of drug-likeness (QED) is 0.316. The number of hydrogen-bond acceptors (Lipinski definition) is 7. The van der Waals surface area contributed by atoms with Crippen molar-refractivity contribution in [3.63, 3.8) is 0 Å². The zero-order chi connectivity index (χ0) is 20.4. The molecule has 0 atom stereocenters. The van der Waals surface area contributed by atoms with Crippen LogP contribution in [0.4, 0.5) is 21.0 Å². The van der Waals surface area contributed by atoms with Crippen LogP contribution in [0.15, 0.2) is 28.8 Å². The molecule has 0 saturated carbocycles. The van der Waals surface area contributed by atoms with Crippen molar-refractivity contribution in [2.45, 2.75) is 0 Å². The lowest BCUT2D eigenvalue weighted by atomic mass is 10.1. The van der Waals surface area contributed by atoms with E-state index in [2.05, 4.69) is 21.2 Å². The molecule has 0 aromatic heterocycles. The summed E-state index contributed by atoms with van der Waals surface area (Å²) in [5, 5.41) is 19.7. The molecule has 0 aliphatic carbocycles. The van der Waals surface area contributed by atoms with Crippen LogP contribution in [-0.2, 0) is 0 Å². The number of hydrogen-bond donors (Lipinski definition) is 3. The fourth-order valence-electron chi connectivity index (χ4n) is 1.79. The number of carbonyl (C=O) groups is 3. The monoisotopic (exact) mass is 420 g/mol. The molecular weight excluding hydrogens is 407 g/mol. The molecule has 12 nitrogen and oxygen atoms in total. The number of nitroso groups, excluding NO2 is 2. The SMILES string of the molecule is O=NN(CCCl)C(=O)Nc1cc(NC(=O)N(CCCl)N=O)cc(C(=O)O)c1.